The maximum Gasteiger partial charge on any atom is 0.244 e. The van der Waals surface area contributed by atoms with Gasteiger partial charge in [0, 0.05) is 10.6 Å². The number of phenolic OH excluding ortho intramolecular Hbond substituents is 1. The van der Waals surface area contributed by atoms with Crippen molar-refractivity contribution in [3.05, 3.63) is 58.6 Å². The minimum Gasteiger partial charge on any atom is -0.507 e. The molecule has 0 saturated carbocycles. The molecular formula is C16H15ClN2O3. The molecule has 0 aliphatic heterocycles. The minimum atomic E-state index is -0.272. The molecule has 1 amide bonds. The van der Waals surface area contributed by atoms with Crippen LogP contribution in [0.4, 0.5) is 0 Å². The number of nitrogens with zero attached hydrogens (tertiary/aromatic N) is 1. The van der Waals surface area contributed by atoms with Crippen LogP contribution in [0.25, 0.3) is 0 Å². The molecule has 114 valence electrons. The van der Waals surface area contributed by atoms with Gasteiger partial charge in [-0.2, -0.15) is 5.10 Å². The van der Waals surface area contributed by atoms with Gasteiger partial charge < -0.3 is 9.84 Å². The summed E-state index contributed by atoms with van der Waals surface area (Å²) in [4.78, 5) is 11.8. The zero-order valence-corrected chi connectivity index (χ0v) is 12.7. The zero-order chi connectivity index (χ0) is 15.9. The molecule has 0 atom stereocenters. The lowest BCUT2D eigenvalue weighted by Crippen LogP contribution is -2.19. The van der Waals surface area contributed by atoms with E-state index in [9.17, 15) is 9.90 Å². The van der Waals surface area contributed by atoms with Crippen molar-refractivity contribution < 1.29 is 14.6 Å². The standard InChI is InChI=1S/C16H15ClN2O3/c1-22-14-4-2-3-11(7-14)8-16(21)19-18-10-12-9-13(17)5-6-15(12)20/h2-7,9-10,20H,8H2,1H3,(H,19,21). The Morgan fingerprint density at radius 1 is 1.36 bits per heavy atom. The number of amides is 1. The molecule has 5 nitrogen and oxygen atoms in total. The maximum atomic E-state index is 11.8. The second-order valence-corrected chi connectivity index (χ2v) is 4.96. The first-order valence-corrected chi connectivity index (χ1v) is 6.89. The molecule has 0 radical (unpaired) electrons. The van der Waals surface area contributed by atoms with Crippen LogP contribution in [0.15, 0.2) is 47.6 Å². The number of ether oxygens (including phenoxy) is 1. The number of hydrazone groups is 1. The van der Waals surface area contributed by atoms with E-state index in [1.54, 1.807) is 25.3 Å². The summed E-state index contributed by atoms with van der Waals surface area (Å²) >= 11 is 5.82. The summed E-state index contributed by atoms with van der Waals surface area (Å²) in [6.45, 7) is 0. The highest BCUT2D eigenvalue weighted by Crippen LogP contribution is 2.19. The van der Waals surface area contributed by atoms with E-state index < -0.39 is 0 Å². The Bertz CT molecular complexity index is 702. The van der Waals surface area contributed by atoms with Gasteiger partial charge in [0.15, 0.2) is 0 Å². The van der Waals surface area contributed by atoms with Crippen molar-refractivity contribution in [1.29, 1.82) is 0 Å². The van der Waals surface area contributed by atoms with Gasteiger partial charge in [-0.1, -0.05) is 23.7 Å². The number of halogens is 1. The number of hydrogen-bond donors (Lipinski definition) is 2. The number of carbonyl (C=O) groups is 1. The molecule has 0 bridgehead atoms. The summed E-state index contributed by atoms with van der Waals surface area (Å²) in [5.74, 6) is 0.457. The van der Waals surface area contributed by atoms with Crippen LogP contribution < -0.4 is 10.2 Å². The van der Waals surface area contributed by atoms with E-state index in [0.717, 1.165) is 5.56 Å². The fourth-order valence-electron chi connectivity index (χ4n) is 1.81. The van der Waals surface area contributed by atoms with Crippen LogP contribution in [0.2, 0.25) is 5.02 Å². The average Bonchev–Trinajstić information content (AvgIpc) is 2.51. The Kier molecular flexibility index (Phi) is 5.38. The molecule has 0 aliphatic carbocycles. The molecule has 0 unspecified atom stereocenters. The van der Waals surface area contributed by atoms with Crippen LogP contribution in [0, 0.1) is 0 Å². The Morgan fingerprint density at radius 3 is 2.95 bits per heavy atom. The van der Waals surface area contributed by atoms with Crippen LogP contribution in [-0.4, -0.2) is 24.3 Å². The van der Waals surface area contributed by atoms with E-state index in [1.165, 1.54) is 12.3 Å². The Hall–Kier alpha value is -2.53. The summed E-state index contributed by atoms with van der Waals surface area (Å²) in [6.07, 6.45) is 1.51. The van der Waals surface area contributed by atoms with Crippen molar-refractivity contribution in [3.8, 4) is 11.5 Å². The molecule has 0 aromatic heterocycles. The molecule has 2 N–H and O–H groups in total. The summed E-state index contributed by atoms with van der Waals surface area (Å²) in [5, 5.41) is 13.9. The third-order valence-electron chi connectivity index (χ3n) is 2.88. The second-order valence-electron chi connectivity index (χ2n) is 4.52. The number of rotatable bonds is 5. The lowest BCUT2D eigenvalue weighted by molar-refractivity contribution is -0.120. The molecule has 2 aromatic carbocycles. The van der Waals surface area contributed by atoms with Gasteiger partial charge in [0.2, 0.25) is 5.91 Å². The minimum absolute atomic E-state index is 0.0372. The van der Waals surface area contributed by atoms with Crippen molar-refractivity contribution in [2.45, 2.75) is 6.42 Å². The summed E-state index contributed by atoms with van der Waals surface area (Å²) in [6, 6.07) is 11.8. The number of phenols is 1. The van der Waals surface area contributed by atoms with E-state index >= 15 is 0 Å². The van der Waals surface area contributed by atoms with Gasteiger partial charge in [-0.3, -0.25) is 4.79 Å². The van der Waals surface area contributed by atoms with Crippen molar-refractivity contribution in [1.82, 2.24) is 5.43 Å². The Morgan fingerprint density at radius 2 is 2.18 bits per heavy atom. The predicted octanol–water partition coefficient (Wildman–Crippen LogP) is 2.75. The van der Waals surface area contributed by atoms with Crippen molar-refractivity contribution in [2.24, 2.45) is 5.10 Å². The highest BCUT2D eigenvalue weighted by molar-refractivity contribution is 6.30. The lowest BCUT2D eigenvalue weighted by atomic mass is 10.1. The van der Waals surface area contributed by atoms with Crippen LogP contribution in [0.5, 0.6) is 11.5 Å². The van der Waals surface area contributed by atoms with E-state index in [0.29, 0.717) is 16.3 Å². The number of carbonyl (C=O) groups excluding carboxylic acids is 1. The van der Waals surface area contributed by atoms with Crippen LogP contribution in [0.3, 0.4) is 0 Å². The number of benzene rings is 2. The summed E-state index contributed by atoms with van der Waals surface area (Å²) in [7, 11) is 1.57. The first-order valence-electron chi connectivity index (χ1n) is 6.52. The monoisotopic (exact) mass is 318 g/mol. The number of methoxy groups -OCH3 is 1. The zero-order valence-electron chi connectivity index (χ0n) is 11.9. The van der Waals surface area contributed by atoms with E-state index in [1.807, 2.05) is 18.2 Å². The van der Waals surface area contributed by atoms with Gasteiger partial charge in [0.05, 0.1) is 19.7 Å². The molecule has 2 aromatic rings. The largest absolute Gasteiger partial charge is 0.507 e. The molecule has 0 heterocycles. The number of aromatic hydroxyl groups is 1. The summed E-state index contributed by atoms with van der Waals surface area (Å²) in [5.41, 5.74) is 3.64. The van der Waals surface area contributed by atoms with Crippen LogP contribution >= 0.6 is 11.6 Å². The van der Waals surface area contributed by atoms with Gasteiger partial charge >= 0.3 is 0 Å². The van der Waals surface area contributed by atoms with Crippen molar-refractivity contribution in [2.75, 3.05) is 7.11 Å². The highest BCUT2D eigenvalue weighted by atomic mass is 35.5. The molecule has 0 spiro atoms. The van der Waals surface area contributed by atoms with Crippen LogP contribution in [-0.2, 0) is 11.2 Å². The topological polar surface area (TPSA) is 70.9 Å². The van der Waals surface area contributed by atoms with Gasteiger partial charge in [-0.05, 0) is 35.9 Å². The average molecular weight is 319 g/mol. The molecular weight excluding hydrogens is 304 g/mol. The third kappa shape index (κ3) is 4.49. The van der Waals surface area contributed by atoms with Gasteiger partial charge in [0.25, 0.3) is 0 Å². The SMILES string of the molecule is COc1cccc(CC(=O)NN=Cc2cc(Cl)ccc2O)c1. The van der Waals surface area contributed by atoms with Gasteiger partial charge in [-0.25, -0.2) is 5.43 Å². The lowest BCUT2D eigenvalue weighted by Gasteiger charge is -2.04. The highest BCUT2D eigenvalue weighted by Gasteiger charge is 2.04. The van der Waals surface area contributed by atoms with Crippen LogP contribution in [0.1, 0.15) is 11.1 Å². The van der Waals surface area contributed by atoms with E-state index in [2.05, 4.69) is 10.5 Å². The molecule has 0 aliphatic rings. The quantitative estimate of drug-likeness (QED) is 0.658. The van der Waals surface area contributed by atoms with Crippen molar-refractivity contribution in [3.63, 3.8) is 0 Å². The Balaban J connectivity index is 1.94. The predicted molar refractivity (Wildman–Crippen MR) is 85.6 cm³/mol. The molecule has 22 heavy (non-hydrogen) atoms. The van der Waals surface area contributed by atoms with E-state index in [4.69, 9.17) is 16.3 Å². The molecule has 2 rings (SSSR count). The fourth-order valence-corrected chi connectivity index (χ4v) is 1.99. The first kappa shape index (κ1) is 15.9. The maximum absolute atomic E-state index is 11.8. The summed E-state index contributed by atoms with van der Waals surface area (Å²) < 4.78 is 5.10. The smallest absolute Gasteiger partial charge is 0.244 e. The third-order valence-corrected chi connectivity index (χ3v) is 3.12. The Labute approximate surface area is 133 Å². The van der Waals surface area contributed by atoms with Gasteiger partial charge in [0.1, 0.15) is 11.5 Å². The van der Waals surface area contributed by atoms with Gasteiger partial charge in [-0.15, -0.1) is 0 Å². The fraction of sp³-hybridized carbons (Fsp3) is 0.125. The van der Waals surface area contributed by atoms with E-state index in [-0.39, 0.29) is 18.1 Å². The number of hydrogen-bond acceptors (Lipinski definition) is 4. The molecule has 6 heteroatoms. The molecule has 0 fully saturated rings. The normalized spacial score (nSPS) is 10.6. The second kappa shape index (κ2) is 7.47. The first-order chi connectivity index (χ1) is 10.6. The number of nitrogens with one attached hydrogen (secondary N) is 1. The van der Waals surface area contributed by atoms with Crippen molar-refractivity contribution >= 4 is 23.7 Å². The molecule has 0 saturated heterocycles.